The Balaban J connectivity index is 1.55. The van der Waals surface area contributed by atoms with Crippen molar-refractivity contribution in [2.75, 3.05) is 23.3 Å². The zero-order chi connectivity index (χ0) is 19.7. The highest BCUT2D eigenvalue weighted by atomic mass is 19.1. The molecule has 0 unspecified atom stereocenters. The summed E-state index contributed by atoms with van der Waals surface area (Å²) in [5.74, 6) is -0.161. The Morgan fingerprint density at radius 2 is 1.89 bits per heavy atom. The minimum atomic E-state index is -0.286. The van der Waals surface area contributed by atoms with Crippen LogP contribution in [0.2, 0.25) is 0 Å². The van der Waals surface area contributed by atoms with Crippen LogP contribution in [0.5, 0.6) is 0 Å². The Morgan fingerprint density at radius 1 is 1.14 bits per heavy atom. The van der Waals surface area contributed by atoms with E-state index in [9.17, 15) is 14.0 Å². The minimum absolute atomic E-state index is 0.0273. The van der Waals surface area contributed by atoms with Crippen molar-refractivity contribution >= 4 is 23.3 Å². The lowest BCUT2D eigenvalue weighted by atomic mass is 10.1. The number of carbonyl (C=O) groups is 2. The summed E-state index contributed by atoms with van der Waals surface area (Å²) in [6, 6.07) is 11.9. The second-order valence-electron chi connectivity index (χ2n) is 7.62. The van der Waals surface area contributed by atoms with Gasteiger partial charge in [-0.05, 0) is 61.6 Å². The van der Waals surface area contributed by atoms with E-state index in [1.54, 1.807) is 21.9 Å². The standard InChI is InChI=1S/C22H24FN3O2/c1-15-3-10-20(19(13-15)24-21(27)17-6-7-17)26-12-2-11-25(22(26)28)14-16-4-8-18(23)9-5-16/h3-5,8-10,13,17H,2,6-7,11-12,14H2,1H3,(H,24,27). The lowest BCUT2D eigenvalue weighted by Gasteiger charge is -2.36. The van der Waals surface area contributed by atoms with Gasteiger partial charge in [0.1, 0.15) is 5.82 Å². The molecule has 28 heavy (non-hydrogen) atoms. The number of hydrogen-bond donors (Lipinski definition) is 1. The first kappa shape index (κ1) is 18.5. The zero-order valence-corrected chi connectivity index (χ0v) is 16.0. The fourth-order valence-electron chi connectivity index (χ4n) is 3.53. The molecule has 1 aliphatic heterocycles. The maximum Gasteiger partial charge on any atom is 0.324 e. The third kappa shape index (κ3) is 4.01. The Labute approximate surface area is 164 Å². The fraction of sp³-hybridized carbons (Fsp3) is 0.364. The van der Waals surface area contributed by atoms with Gasteiger partial charge in [0.2, 0.25) is 5.91 Å². The molecule has 2 aliphatic rings. The van der Waals surface area contributed by atoms with Crippen LogP contribution in [-0.2, 0) is 11.3 Å². The molecule has 0 radical (unpaired) electrons. The molecule has 0 spiro atoms. The van der Waals surface area contributed by atoms with Gasteiger partial charge in [0.15, 0.2) is 0 Å². The van der Waals surface area contributed by atoms with Gasteiger partial charge in [-0.1, -0.05) is 18.2 Å². The highest BCUT2D eigenvalue weighted by Crippen LogP contribution is 2.34. The molecular formula is C22H24FN3O2. The summed E-state index contributed by atoms with van der Waals surface area (Å²) >= 11 is 0. The summed E-state index contributed by atoms with van der Waals surface area (Å²) in [6.07, 6.45) is 2.69. The first-order chi connectivity index (χ1) is 13.5. The van der Waals surface area contributed by atoms with E-state index >= 15 is 0 Å². The largest absolute Gasteiger partial charge is 0.324 e. The monoisotopic (exact) mass is 381 g/mol. The summed E-state index contributed by atoms with van der Waals surface area (Å²) in [5.41, 5.74) is 3.34. The van der Waals surface area contributed by atoms with E-state index in [4.69, 9.17) is 0 Å². The van der Waals surface area contributed by atoms with Gasteiger partial charge in [-0.15, -0.1) is 0 Å². The van der Waals surface area contributed by atoms with Crippen LogP contribution in [-0.4, -0.2) is 29.9 Å². The molecule has 1 N–H and O–H groups in total. The molecule has 1 saturated heterocycles. The van der Waals surface area contributed by atoms with Crippen LogP contribution in [0.3, 0.4) is 0 Å². The molecule has 6 heteroatoms. The number of halogens is 1. The van der Waals surface area contributed by atoms with Crippen molar-refractivity contribution < 1.29 is 14.0 Å². The summed E-state index contributed by atoms with van der Waals surface area (Å²) in [6.45, 7) is 3.66. The third-order valence-electron chi connectivity index (χ3n) is 5.25. The number of nitrogens with one attached hydrogen (secondary N) is 1. The molecule has 0 atom stereocenters. The van der Waals surface area contributed by atoms with Crippen molar-refractivity contribution in [3.63, 3.8) is 0 Å². The van der Waals surface area contributed by atoms with Gasteiger partial charge in [0, 0.05) is 25.6 Å². The maximum atomic E-state index is 13.1. The van der Waals surface area contributed by atoms with Gasteiger partial charge in [-0.2, -0.15) is 0 Å². The SMILES string of the molecule is Cc1ccc(N2CCCN(Cc3ccc(F)cc3)C2=O)c(NC(=O)C2CC2)c1. The van der Waals surface area contributed by atoms with E-state index in [-0.39, 0.29) is 23.7 Å². The van der Waals surface area contributed by atoms with Gasteiger partial charge in [-0.25, -0.2) is 9.18 Å². The van der Waals surface area contributed by atoms with Gasteiger partial charge in [-0.3, -0.25) is 9.69 Å². The highest BCUT2D eigenvalue weighted by Gasteiger charge is 2.32. The van der Waals surface area contributed by atoms with E-state index < -0.39 is 0 Å². The van der Waals surface area contributed by atoms with Crippen LogP contribution >= 0.6 is 0 Å². The topological polar surface area (TPSA) is 52.6 Å². The van der Waals surface area contributed by atoms with E-state index in [0.29, 0.717) is 25.3 Å². The Hall–Kier alpha value is -2.89. The van der Waals surface area contributed by atoms with Crippen LogP contribution < -0.4 is 10.2 Å². The number of aryl methyl sites for hydroxylation is 1. The summed E-state index contributed by atoms with van der Waals surface area (Å²) < 4.78 is 13.1. The van der Waals surface area contributed by atoms with E-state index in [1.165, 1.54) is 12.1 Å². The molecule has 4 rings (SSSR count). The molecule has 3 amide bonds. The molecule has 146 valence electrons. The van der Waals surface area contributed by atoms with Gasteiger partial charge in [0.25, 0.3) is 0 Å². The van der Waals surface area contributed by atoms with Crippen LogP contribution in [0.4, 0.5) is 20.6 Å². The van der Waals surface area contributed by atoms with E-state index in [2.05, 4.69) is 5.32 Å². The first-order valence-corrected chi connectivity index (χ1v) is 9.73. The molecule has 5 nitrogen and oxygen atoms in total. The molecule has 0 bridgehead atoms. The van der Waals surface area contributed by atoms with Gasteiger partial charge < -0.3 is 10.2 Å². The van der Waals surface area contributed by atoms with Crippen molar-refractivity contribution in [2.24, 2.45) is 5.92 Å². The molecule has 2 aromatic carbocycles. The number of carbonyl (C=O) groups excluding carboxylic acids is 2. The number of rotatable bonds is 5. The average molecular weight is 381 g/mol. The molecule has 2 aromatic rings. The molecule has 0 aromatic heterocycles. The van der Waals surface area contributed by atoms with Crippen LogP contribution in [0.1, 0.15) is 30.4 Å². The first-order valence-electron chi connectivity index (χ1n) is 9.73. The lowest BCUT2D eigenvalue weighted by molar-refractivity contribution is -0.117. The zero-order valence-electron chi connectivity index (χ0n) is 16.0. The normalized spacial score (nSPS) is 17.0. The summed E-state index contributed by atoms with van der Waals surface area (Å²) in [5, 5.41) is 3.01. The quantitative estimate of drug-likeness (QED) is 0.839. The number of amides is 3. The van der Waals surface area contributed by atoms with Crippen molar-refractivity contribution in [2.45, 2.75) is 32.7 Å². The Kier molecular flexibility index (Phi) is 5.03. The van der Waals surface area contributed by atoms with Crippen LogP contribution in [0.15, 0.2) is 42.5 Å². The number of urea groups is 1. The van der Waals surface area contributed by atoms with Gasteiger partial charge in [0.05, 0.1) is 11.4 Å². The van der Waals surface area contributed by atoms with Crippen LogP contribution in [0, 0.1) is 18.7 Å². The Morgan fingerprint density at radius 3 is 2.61 bits per heavy atom. The smallest absolute Gasteiger partial charge is 0.324 e. The summed E-state index contributed by atoms with van der Waals surface area (Å²) in [4.78, 5) is 28.9. The minimum Gasteiger partial charge on any atom is -0.324 e. The van der Waals surface area contributed by atoms with Crippen molar-refractivity contribution in [1.29, 1.82) is 0 Å². The predicted molar refractivity (Wildman–Crippen MR) is 107 cm³/mol. The predicted octanol–water partition coefficient (Wildman–Crippen LogP) is 4.31. The van der Waals surface area contributed by atoms with Crippen molar-refractivity contribution in [1.82, 2.24) is 4.90 Å². The van der Waals surface area contributed by atoms with Gasteiger partial charge >= 0.3 is 6.03 Å². The molecule has 1 heterocycles. The highest BCUT2D eigenvalue weighted by molar-refractivity contribution is 6.02. The number of benzene rings is 2. The van der Waals surface area contributed by atoms with E-state index in [0.717, 1.165) is 36.1 Å². The Bertz CT molecular complexity index is 893. The van der Waals surface area contributed by atoms with Crippen molar-refractivity contribution in [3.05, 3.63) is 59.4 Å². The molecule has 2 fully saturated rings. The molecular weight excluding hydrogens is 357 g/mol. The second-order valence-corrected chi connectivity index (χ2v) is 7.62. The molecule has 1 saturated carbocycles. The maximum absolute atomic E-state index is 13.1. The van der Waals surface area contributed by atoms with Crippen molar-refractivity contribution in [3.8, 4) is 0 Å². The average Bonchev–Trinajstić information content (AvgIpc) is 3.51. The number of anilines is 2. The number of hydrogen-bond acceptors (Lipinski definition) is 2. The third-order valence-corrected chi connectivity index (χ3v) is 5.25. The summed E-state index contributed by atoms with van der Waals surface area (Å²) in [7, 11) is 0. The number of nitrogens with zero attached hydrogens (tertiary/aromatic N) is 2. The molecule has 1 aliphatic carbocycles. The van der Waals surface area contributed by atoms with E-state index in [1.807, 2.05) is 25.1 Å². The fourth-order valence-corrected chi connectivity index (χ4v) is 3.53. The van der Waals surface area contributed by atoms with Crippen LogP contribution in [0.25, 0.3) is 0 Å². The lowest BCUT2D eigenvalue weighted by Crippen LogP contribution is -2.49. The second kappa shape index (κ2) is 7.62.